The van der Waals surface area contributed by atoms with E-state index in [1.54, 1.807) is 36.4 Å². The van der Waals surface area contributed by atoms with Crippen molar-refractivity contribution in [3.8, 4) is 45.6 Å². The van der Waals surface area contributed by atoms with Crippen molar-refractivity contribution in [1.82, 2.24) is 0 Å². The quantitative estimate of drug-likeness (QED) is 0.0596. The average Bonchev–Trinajstić information content (AvgIpc) is 3.50. The summed E-state index contributed by atoms with van der Waals surface area (Å²) in [5.41, 5.74) is 0.311. The molecule has 61 heavy (non-hydrogen) atoms. The number of rotatable bonds is 14. The second-order valence-electron chi connectivity index (χ2n) is 14.4. The van der Waals surface area contributed by atoms with Crippen LogP contribution in [0, 0.1) is 0 Å². The summed E-state index contributed by atoms with van der Waals surface area (Å²) in [5.74, 6) is -8.31. The molecule has 4 aromatic carbocycles. The molecule has 310 valence electrons. The summed E-state index contributed by atoms with van der Waals surface area (Å²) < 4.78 is 35.3. The molecule has 0 spiro atoms. The fourth-order valence-electron chi connectivity index (χ4n) is 6.29. The zero-order chi connectivity index (χ0) is 45.1. The maximum atomic E-state index is 13.8. The summed E-state index contributed by atoms with van der Waals surface area (Å²) in [6.45, 7) is 30.5. The van der Waals surface area contributed by atoms with E-state index < -0.39 is 64.2 Å². The highest BCUT2D eigenvalue weighted by Gasteiger charge is 2.52. The Balaban J connectivity index is 2.12. The molecule has 0 atom stereocenters. The van der Waals surface area contributed by atoms with Gasteiger partial charge in [-0.15, -0.1) is 0 Å². The fraction of sp³-hybridized carbons (Fsp3) is 0.143. The SMILES string of the molecule is C=C(C)C(=O)Oc1ccc(C2(c3ccc(OC(=O)C(=C)C)c(OC(=O)C(=C)C)c3OC(=O)C(=C)C)c3ccccc3-c3ccccc32)c(OC(=O)C(=C)C)c1OC(=O)C(=C)C. The number of esters is 6. The summed E-state index contributed by atoms with van der Waals surface area (Å²) in [6.07, 6.45) is 0. The number of ether oxygens (including phenoxy) is 6. The van der Waals surface area contributed by atoms with E-state index in [-0.39, 0.29) is 56.1 Å². The Kier molecular flexibility index (Phi) is 12.7. The van der Waals surface area contributed by atoms with Gasteiger partial charge in [-0.05, 0) is 88.1 Å². The van der Waals surface area contributed by atoms with Crippen molar-refractivity contribution in [1.29, 1.82) is 0 Å². The molecule has 0 radical (unpaired) electrons. The van der Waals surface area contributed by atoms with E-state index in [0.29, 0.717) is 22.3 Å². The van der Waals surface area contributed by atoms with Crippen LogP contribution in [0.4, 0.5) is 0 Å². The van der Waals surface area contributed by atoms with E-state index in [1.165, 1.54) is 65.8 Å². The second kappa shape index (κ2) is 17.6. The molecule has 1 aliphatic carbocycles. The summed E-state index contributed by atoms with van der Waals surface area (Å²) in [5, 5.41) is 0. The van der Waals surface area contributed by atoms with Gasteiger partial charge in [0.25, 0.3) is 0 Å². The van der Waals surface area contributed by atoms with Crippen LogP contribution in [0.25, 0.3) is 11.1 Å². The Labute approximate surface area is 352 Å². The summed E-state index contributed by atoms with van der Waals surface area (Å²) in [4.78, 5) is 80.5. The number of benzene rings is 4. The van der Waals surface area contributed by atoms with Crippen LogP contribution in [0.5, 0.6) is 34.5 Å². The van der Waals surface area contributed by atoms with E-state index in [2.05, 4.69) is 39.5 Å². The zero-order valence-electron chi connectivity index (χ0n) is 34.6. The highest BCUT2D eigenvalue weighted by Crippen LogP contribution is 2.63. The number of fused-ring (bicyclic) bond motifs is 3. The Morgan fingerprint density at radius 3 is 0.902 bits per heavy atom. The van der Waals surface area contributed by atoms with Crippen LogP contribution < -0.4 is 28.4 Å². The van der Waals surface area contributed by atoms with Gasteiger partial charge in [0.2, 0.25) is 11.5 Å². The lowest BCUT2D eigenvalue weighted by atomic mass is 9.66. The average molecular weight is 823 g/mol. The molecular formula is C49H42O12. The van der Waals surface area contributed by atoms with Gasteiger partial charge >= 0.3 is 35.8 Å². The Morgan fingerprint density at radius 2 is 0.607 bits per heavy atom. The van der Waals surface area contributed by atoms with Crippen molar-refractivity contribution >= 4 is 35.8 Å². The summed E-state index contributed by atoms with van der Waals surface area (Å²) in [7, 11) is 0. The topological polar surface area (TPSA) is 158 Å². The number of carbonyl (C=O) groups is 6. The molecule has 1 aliphatic rings. The maximum absolute atomic E-state index is 13.8. The maximum Gasteiger partial charge on any atom is 0.338 e. The molecule has 0 saturated carbocycles. The van der Waals surface area contributed by atoms with Crippen LogP contribution in [0.1, 0.15) is 63.8 Å². The van der Waals surface area contributed by atoms with E-state index in [4.69, 9.17) is 28.4 Å². The standard InChI is InChI=1S/C49H42O12/c1-25(2)43(50)56-37-23-21-35(39(58-45(52)27(5)6)41(37)60-47(54)29(9)10)49(33-19-15-13-17-31(33)32-18-14-16-20-34(32)49)36-22-24-38(57-44(51)26(3)4)42(61-48(55)30(11)12)40(36)59-46(53)28(7)8/h13-24H,1,3,5,7,9,11H2,2,4,6,8,10,12H3. The third-order valence-electron chi connectivity index (χ3n) is 9.19. The molecule has 0 aliphatic heterocycles. The Hall–Kier alpha value is -7.86. The van der Waals surface area contributed by atoms with Crippen LogP contribution in [0.2, 0.25) is 0 Å². The first kappa shape index (κ1) is 44.2. The predicted molar refractivity (Wildman–Crippen MR) is 226 cm³/mol. The zero-order valence-corrected chi connectivity index (χ0v) is 34.6. The van der Waals surface area contributed by atoms with Crippen LogP contribution in [-0.4, -0.2) is 35.8 Å². The van der Waals surface area contributed by atoms with Crippen molar-refractivity contribution in [3.63, 3.8) is 0 Å². The number of carbonyl (C=O) groups excluding carboxylic acids is 6. The van der Waals surface area contributed by atoms with Crippen molar-refractivity contribution in [2.24, 2.45) is 0 Å². The van der Waals surface area contributed by atoms with Gasteiger partial charge in [-0.2, -0.15) is 0 Å². The van der Waals surface area contributed by atoms with Crippen molar-refractivity contribution in [2.75, 3.05) is 0 Å². The fourth-order valence-corrected chi connectivity index (χ4v) is 6.29. The largest absolute Gasteiger partial charge is 0.419 e. The number of hydrogen-bond acceptors (Lipinski definition) is 12. The van der Waals surface area contributed by atoms with Crippen molar-refractivity contribution in [3.05, 3.63) is 168 Å². The molecule has 0 bridgehead atoms. The molecule has 12 nitrogen and oxygen atoms in total. The third-order valence-corrected chi connectivity index (χ3v) is 9.19. The molecule has 0 amide bonds. The minimum atomic E-state index is -1.80. The van der Waals surface area contributed by atoms with E-state index in [0.717, 1.165) is 0 Å². The molecule has 0 fully saturated rings. The summed E-state index contributed by atoms with van der Waals surface area (Å²) in [6, 6.07) is 19.9. The second-order valence-corrected chi connectivity index (χ2v) is 14.4. The molecule has 0 aromatic heterocycles. The Bertz CT molecular complexity index is 2490. The normalized spacial score (nSPS) is 11.7. The summed E-state index contributed by atoms with van der Waals surface area (Å²) >= 11 is 0. The van der Waals surface area contributed by atoms with Gasteiger partial charge < -0.3 is 28.4 Å². The first-order valence-corrected chi connectivity index (χ1v) is 18.5. The molecule has 0 heterocycles. The minimum absolute atomic E-state index is 0.00917. The lowest BCUT2D eigenvalue weighted by Crippen LogP contribution is -2.32. The first-order chi connectivity index (χ1) is 28.7. The van der Waals surface area contributed by atoms with Gasteiger partial charge in [0.1, 0.15) is 0 Å². The van der Waals surface area contributed by atoms with Crippen LogP contribution >= 0.6 is 0 Å². The van der Waals surface area contributed by atoms with Gasteiger partial charge in [0, 0.05) is 44.6 Å². The lowest BCUT2D eigenvalue weighted by molar-refractivity contribution is -0.133. The highest BCUT2D eigenvalue weighted by atomic mass is 16.6. The van der Waals surface area contributed by atoms with Crippen LogP contribution in [-0.2, 0) is 34.2 Å². The molecule has 0 N–H and O–H groups in total. The van der Waals surface area contributed by atoms with Crippen LogP contribution in [0.3, 0.4) is 0 Å². The van der Waals surface area contributed by atoms with Gasteiger partial charge in [0.05, 0.1) is 5.41 Å². The van der Waals surface area contributed by atoms with Crippen LogP contribution in [0.15, 0.2) is 146 Å². The van der Waals surface area contributed by atoms with Gasteiger partial charge in [-0.25, -0.2) is 28.8 Å². The highest BCUT2D eigenvalue weighted by molar-refractivity contribution is 5.97. The lowest BCUT2D eigenvalue weighted by Gasteiger charge is -2.36. The van der Waals surface area contributed by atoms with Crippen molar-refractivity contribution < 1.29 is 57.2 Å². The molecule has 0 saturated heterocycles. The monoisotopic (exact) mass is 822 g/mol. The van der Waals surface area contributed by atoms with Gasteiger partial charge in [-0.1, -0.05) is 88.0 Å². The number of hydrogen-bond donors (Lipinski definition) is 0. The van der Waals surface area contributed by atoms with E-state index in [1.807, 2.05) is 12.1 Å². The molecule has 5 rings (SSSR count). The van der Waals surface area contributed by atoms with Gasteiger partial charge in [0.15, 0.2) is 23.0 Å². The van der Waals surface area contributed by atoms with Gasteiger partial charge in [-0.3, -0.25) is 0 Å². The first-order valence-electron chi connectivity index (χ1n) is 18.5. The molecule has 12 heteroatoms. The van der Waals surface area contributed by atoms with E-state index >= 15 is 0 Å². The third kappa shape index (κ3) is 8.51. The van der Waals surface area contributed by atoms with E-state index in [9.17, 15) is 28.8 Å². The smallest absolute Gasteiger partial charge is 0.338 e. The molecule has 0 unspecified atom stereocenters. The Morgan fingerprint density at radius 1 is 0.344 bits per heavy atom. The molecule has 4 aromatic rings. The molecular weight excluding hydrogens is 781 g/mol. The van der Waals surface area contributed by atoms with Crippen molar-refractivity contribution in [2.45, 2.75) is 47.0 Å². The minimum Gasteiger partial charge on any atom is -0.419 e. The predicted octanol–water partition coefficient (Wildman–Crippen LogP) is 8.94.